The molecule has 0 aliphatic rings. The Labute approximate surface area is 202 Å². The Hall–Kier alpha value is -3.78. The van der Waals surface area contributed by atoms with Crippen LogP contribution in [-0.2, 0) is 0 Å². The van der Waals surface area contributed by atoms with E-state index in [1.54, 1.807) is 0 Å². The van der Waals surface area contributed by atoms with Gasteiger partial charge in [-0.2, -0.15) is 0 Å². The Morgan fingerprint density at radius 1 is 0.412 bits per heavy atom. The van der Waals surface area contributed by atoms with Crippen LogP contribution in [0.15, 0.2) is 97.1 Å². The van der Waals surface area contributed by atoms with Gasteiger partial charge in [-0.05, 0) is 58.0 Å². The van der Waals surface area contributed by atoms with Crippen molar-refractivity contribution in [2.24, 2.45) is 0 Å². The van der Waals surface area contributed by atoms with Gasteiger partial charge in [0.25, 0.3) is 0 Å². The highest BCUT2D eigenvalue weighted by Crippen LogP contribution is 2.43. The van der Waals surface area contributed by atoms with Gasteiger partial charge in [0, 0.05) is 22.1 Å². The molecule has 0 spiro atoms. The summed E-state index contributed by atoms with van der Waals surface area (Å²) < 4.78 is 0. The lowest BCUT2D eigenvalue weighted by Crippen LogP contribution is -2.01. The van der Waals surface area contributed by atoms with E-state index in [-0.39, 0.29) is 0 Å². The highest BCUT2D eigenvalue weighted by molar-refractivity contribution is 6.21. The minimum absolute atomic E-state index is 0.515. The van der Waals surface area contributed by atoms with Gasteiger partial charge in [0.15, 0.2) is 0 Å². The maximum absolute atomic E-state index is 3.76. The zero-order chi connectivity index (χ0) is 23.7. The van der Waals surface area contributed by atoms with Crippen molar-refractivity contribution >= 4 is 44.3 Å². The highest BCUT2D eigenvalue weighted by Gasteiger charge is 2.15. The number of fused-ring (bicyclic) bond motifs is 3. The van der Waals surface area contributed by atoms with E-state index in [1.165, 1.54) is 32.7 Å². The van der Waals surface area contributed by atoms with Crippen molar-refractivity contribution in [2.75, 3.05) is 10.6 Å². The van der Waals surface area contributed by atoms with Gasteiger partial charge >= 0.3 is 0 Å². The molecule has 0 unspecified atom stereocenters. The van der Waals surface area contributed by atoms with Gasteiger partial charge in [0.2, 0.25) is 0 Å². The molecular weight excluding hydrogens is 412 g/mol. The molecule has 0 bridgehead atoms. The van der Waals surface area contributed by atoms with Crippen molar-refractivity contribution in [3.05, 3.63) is 108 Å². The van der Waals surface area contributed by atoms with E-state index in [1.807, 2.05) is 0 Å². The van der Waals surface area contributed by atoms with Gasteiger partial charge in [-0.15, -0.1) is 0 Å². The van der Waals surface area contributed by atoms with Crippen LogP contribution in [0.2, 0.25) is 0 Å². The third-order valence-corrected chi connectivity index (χ3v) is 6.63. The van der Waals surface area contributed by atoms with Gasteiger partial charge in [0.05, 0.1) is 11.4 Å². The van der Waals surface area contributed by atoms with Crippen LogP contribution in [-0.4, -0.2) is 0 Å². The van der Waals surface area contributed by atoms with Gasteiger partial charge < -0.3 is 10.6 Å². The SMILES string of the molecule is CC(C)c1ccc(Nc2c(Nc3ccc(C(C)C)cc3)c3ccccc3c3ccccc23)cc1. The zero-order valence-electron chi connectivity index (χ0n) is 20.4. The number of rotatable bonds is 6. The first kappa shape index (κ1) is 22.0. The number of anilines is 4. The largest absolute Gasteiger partial charge is 0.353 e. The fourth-order valence-corrected chi connectivity index (χ4v) is 4.59. The van der Waals surface area contributed by atoms with Crippen LogP contribution in [0.3, 0.4) is 0 Å². The second-order valence-electron chi connectivity index (χ2n) is 9.64. The average Bonchev–Trinajstić information content (AvgIpc) is 2.86. The minimum Gasteiger partial charge on any atom is -0.353 e. The molecule has 34 heavy (non-hydrogen) atoms. The summed E-state index contributed by atoms with van der Waals surface area (Å²) in [6, 6.07) is 34.9. The first-order valence-corrected chi connectivity index (χ1v) is 12.2. The molecule has 0 aliphatic heterocycles. The lowest BCUT2D eigenvalue weighted by atomic mass is 9.97. The molecule has 5 rings (SSSR count). The first-order valence-electron chi connectivity index (χ1n) is 12.2. The molecule has 2 N–H and O–H groups in total. The van der Waals surface area contributed by atoms with Crippen LogP contribution in [0.5, 0.6) is 0 Å². The van der Waals surface area contributed by atoms with Gasteiger partial charge in [-0.3, -0.25) is 0 Å². The van der Waals surface area contributed by atoms with Crippen LogP contribution in [0.4, 0.5) is 22.7 Å². The molecule has 0 fully saturated rings. The maximum Gasteiger partial charge on any atom is 0.0709 e. The molecule has 5 aromatic carbocycles. The highest BCUT2D eigenvalue weighted by atomic mass is 15.0. The summed E-state index contributed by atoms with van der Waals surface area (Å²) in [5.41, 5.74) is 7.06. The molecule has 0 heterocycles. The number of hydrogen-bond donors (Lipinski definition) is 2. The Balaban J connectivity index is 1.68. The van der Waals surface area contributed by atoms with Gasteiger partial charge in [0.1, 0.15) is 0 Å². The Bertz CT molecular complexity index is 1320. The summed E-state index contributed by atoms with van der Waals surface area (Å²) in [4.78, 5) is 0. The number of hydrogen-bond acceptors (Lipinski definition) is 2. The van der Waals surface area contributed by atoms with Crippen molar-refractivity contribution in [3.63, 3.8) is 0 Å². The van der Waals surface area contributed by atoms with Crippen molar-refractivity contribution in [1.29, 1.82) is 0 Å². The quantitative estimate of drug-likeness (QED) is 0.201. The number of benzene rings is 5. The summed E-state index contributed by atoms with van der Waals surface area (Å²) in [6.45, 7) is 8.91. The summed E-state index contributed by atoms with van der Waals surface area (Å²) >= 11 is 0. The molecule has 0 radical (unpaired) electrons. The second kappa shape index (κ2) is 9.23. The van der Waals surface area contributed by atoms with E-state index >= 15 is 0 Å². The first-order chi connectivity index (χ1) is 16.5. The summed E-state index contributed by atoms with van der Waals surface area (Å²) in [5.74, 6) is 1.03. The summed E-state index contributed by atoms with van der Waals surface area (Å²) in [5, 5.41) is 12.4. The molecule has 170 valence electrons. The van der Waals surface area contributed by atoms with E-state index in [9.17, 15) is 0 Å². The summed E-state index contributed by atoms with van der Waals surface area (Å²) in [6.07, 6.45) is 0. The Kier molecular flexibility index (Phi) is 5.98. The van der Waals surface area contributed by atoms with E-state index < -0.39 is 0 Å². The van der Waals surface area contributed by atoms with Crippen LogP contribution < -0.4 is 10.6 Å². The normalized spacial score (nSPS) is 11.5. The summed E-state index contributed by atoms with van der Waals surface area (Å²) in [7, 11) is 0. The van der Waals surface area contributed by atoms with Crippen LogP contribution in [0, 0.1) is 0 Å². The predicted molar refractivity (Wildman–Crippen MR) is 149 cm³/mol. The molecule has 2 nitrogen and oxygen atoms in total. The number of nitrogens with one attached hydrogen (secondary N) is 2. The van der Waals surface area contributed by atoms with Crippen molar-refractivity contribution in [2.45, 2.75) is 39.5 Å². The van der Waals surface area contributed by atoms with E-state index in [0.29, 0.717) is 11.8 Å². The van der Waals surface area contributed by atoms with E-state index in [0.717, 1.165) is 22.7 Å². The fraction of sp³-hybridized carbons (Fsp3) is 0.188. The third kappa shape index (κ3) is 4.24. The second-order valence-corrected chi connectivity index (χ2v) is 9.64. The topological polar surface area (TPSA) is 24.1 Å². The smallest absolute Gasteiger partial charge is 0.0709 e. The third-order valence-electron chi connectivity index (χ3n) is 6.63. The Morgan fingerprint density at radius 3 is 1.06 bits per heavy atom. The standard InChI is InChI=1S/C32H32N2/c1-21(2)23-13-17-25(18-14-23)33-31-29-11-7-5-9-27(29)28-10-6-8-12-30(28)32(31)34-26-19-15-24(16-20-26)22(3)4/h5-22,33-34H,1-4H3. The molecule has 0 aromatic heterocycles. The zero-order valence-corrected chi connectivity index (χ0v) is 20.4. The molecule has 0 amide bonds. The maximum atomic E-state index is 3.76. The molecule has 5 aromatic rings. The fourth-order valence-electron chi connectivity index (χ4n) is 4.59. The van der Waals surface area contributed by atoms with Crippen LogP contribution in [0.1, 0.15) is 50.7 Å². The molecule has 0 saturated carbocycles. The average molecular weight is 445 g/mol. The molecule has 0 saturated heterocycles. The van der Waals surface area contributed by atoms with E-state index in [4.69, 9.17) is 0 Å². The van der Waals surface area contributed by atoms with Crippen molar-refractivity contribution in [3.8, 4) is 0 Å². The van der Waals surface area contributed by atoms with Crippen molar-refractivity contribution < 1.29 is 0 Å². The predicted octanol–water partition coefficient (Wildman–Crippen LogP) is 9.73. The Morgan fingerprint density at radius 2 is 0.735 bits per heavy atom. The lowest BCUT2D eigenvalue weighted by molar-refractivity contribution is 0.867. The van der Waals surface area contributed by atoms with E-state index in [2.05, 4.69) is 135 Å². The van der Waals surface area contributed by atoms with Crippen molar-refractivity contribution in [1.82, 2.24) is 0 Å². The monoisotopic (exact) mass is 444 g/mol. The van der Waals surface area contributed by atoms with Crippen LogP contribution in [0.25, 0.3) is 21.5 Å². The molecule has 0 atom stereocenters. The van der Waals surface area contributed by atoms with Gasteiger partial charge in [-0.1, -0.05) is 100 Å². The molecule has 0 aliphatic carbocycles. The van der Waals surface area contributed by atoms with Gasteiger partial charge in [-0.25, -0.2) is 0 Å². The van der Waals surface area contributed by atoms with Crippen LogP contribution >= 0.6 is 0 Å². The molecule has 2 heteroatoms. The molecular formula is C32H32N2. The lowest BCUT2D eigenvalue weighted by Gasteiger charge is -2.21. The minimum atomic E-state index is 0.515.